The Bertz CT molecular complexity index is 1030. The maximum Gasteiger partial charge on any atom is 0.359 e. The molecule has 0 aromatic carbocycles. The molecule has 16 heteroatoms. The Labute approximate surface area is 213 Å². The summed E-state index contributed by atoms with van der Waals surface area (Å²) in [6, 6.07) is 1.29. The fraction of sp³-hybridized carbons (Fsp3) is 0.579. The Hall–Kier alpha value is -2.61. The number of nitrogens with zero attached hydrogens (tertiary/aromatic N) is 2. The number of halogens is 3. The van der Waals surface area contributed by atoms with Crippen molar-refractivity contribution in [3.05, 3.63) is 22.7 Å². The third-order valence-corrected chi connectivity index (χ3v) is 4.89. The van der Waals surface area contributed by atoms with Gasteiger partial charge < -0.3 is 28.4 Å². The van der Waals surface area contributed by atoms with Crippen molar-refractivity contribution in [3.63, 3.8) is 0 Å². The summed E-state index contributed by atoms with van der Waals surface area (Å²) in [4.78, 5) is 64.0. The van der Waals surface area contributed by atoms with E-state index in [0.29, 0.717) is 0 Å². The van der Waals surface area contributed by atoms with Crippen LogP contribution in [0, 0.1) is 0 Å². The van der Waals surface area contributed by atoms with Crippen molar-refractivity contribution < 1.29 is 47.6 Å². The summed E-state index contributed by atoms with van der Waals surface area (Å²) in [5, 5.41) is 0. The van der Waals surface area contributed by atoms with Gasteiger partial charge in [-0.25, -0.2) is 9.59 Å². The van der Waals surface area contributed by atoms with Crippen molar-refractivity contribution >= 4 is 58.7 Å². The number of hydrogen-bond acceptors (Lipinski definition) is 12. The number of alkyl halides is 3. The van der Waals surface area contributed by atoms with Crippen LogP contribution >= 0.6 is 34.8 Å². The maximum absolute atomic E-state index is 12.7. The van der Waals surface area contributed by atoms with E-state index >= 15 is 0 Å². The number of ether oxygens (including phenoxy) is 6. The van der Waals surface area contributed by atoms with Gasteiger partial charge in [-0.15, -0.1) is 0 Å². The van der Waals surface area contributed by atoms with Crippen molar-refractivity contribution in [3.8, 4) is 5.88 Å². The number of methoxy groups -OCH3 is 1. The molecule has 35 heavy (non-hydrogen) atoms. The molecule has 0 N–H and O–H groups in total. The van der Waals surface area contributed by atoms with Gasteiger partial charge in [-0.1, -0.05) is 34.8 Å². The second-order valence-electron chi connectivity index (χ2n) is 7.04. The van der Waals surface area contributed by atoms with Crippen LogP contribution in [-0.2, 0) is 42.9 Å². The van der Waals surface area contributed by atoms with Gasteiger partial charge in [0, 0.05) is 33.0 Å². The summed E-state index contributed by atoms with van der Waals surface area (Å²) in [5.74, 6) is -3.87. The third-order valence-electron chi connectivity index (χ3n) is 4.43. The van der Waals surface area contributed by atoms with E-state index in [0.717, 1.165) is 25.3 Å². The van der Waals surface area contributed by atoms with Gasteiger partial charge >= 0.3 is 29.6 Å². The summed E-state index contributed by atoms with van der Waals surface area (Å²) >= 11 is 16.9. The molecule has 0 radical (unpaired) electrons. The van der Waals surface area contributed by atoms with Crippen LogP contribution in [0.25, 0.3) is 0 Å². The van der Waals surface area contributed by atoms with E-state index in [-0.39, 0.29) is 5.88 Å². The highest BCUT2D eigenvalue weighted by Gasteiger charge is 2.54. The summed E-state index contributed by atoms with van der Waals surface area (Å²) in [6.45, 7) is 2.71. The van der Waals surface area contributed by atoms with Gasteiger partial charge in [-0.3, -0.25) is 19.0 Å². The van der Waals surface area contributed by atoms with E-state index in [1.807, 2.05) is 0 Å². The summed E-state index contributed by atoms with van der Waals surface area (Å²) in [5.41, 5.74) is -0.928. The number of aromatic nitrogens is 2. The van der Waals surface area contributed by atoms with Crippen molar-refractivity contribution in [2.75, 3.05) is 13.7 Å². The SMILES string of the molecule is COc1ccn(C2OC(COC(C)=O)C(OC(C)=O)C(OC(C)=O)C2OC(=O)C(Cl)(Cl)Cl)c(=O)n1. The minimum Gasteiger partial charge on any atom is -0.481 e. The van der Waals surface area contributed by atoms with E-state index in [9.17, 15) is 24.0 Å². The Kier molecular flexibility index (Phi) is 9.72. The molecule has 13 nitrogen and oxygen atoms in total. The van der Waals surface area contributed by atoms with E-state index < -0.39 is 70.6 Å². The monoisotopic (exact) mass is 558 g/mol. The average molecular weight is 560 g/mol. The van der Waals surface area contributed by atoms with Crippen LogP contribution in [0.5, 0.6) is 5.88 Å². The van der Waals surface area contributed by atoms with Crippen LogP contribution in [0.1, 0.15) is 27.0 Å². The predicted octanol–water partition coefficient (Wildman–Crippen LogP) is 0.858. The van der Waals surface area contributed by atoms with Crippen LogP contribution in [0.15, 0.2) is 17.1 Å². The van der Waals surface area contributed by atoms with E-state index in [1.165, 1.54) is 19.4 Å². The van der Waals surface area contributed by atoms with Crippen molar-refractivity contribution in [2.45, 2.75) is 55.2 Å². The van der Waals surface area contributed by atoms with Crippen LogP contribution in [0.3, 0.4) is 0 Å². The van der Waals surface area contributed by atoms with Gasteiger partial charge in [0.25, 0.3) is 3.79 Å². The number of carbonyl (C=O) groups excluding carboxylic acids is 4. The molecule has 0 bridgehead atoms. The number of esters is 4. The minimum atomic E-state index is -2.57. The zero-order chi connectivity index (χ0) is 26.5. The van der Waals surface area contributed by atoms with Crippen LogP contribution in [0.4, 0.5) is 0 Å². The summed E-state index contributed by atoms with van der Waals surface area (Å²) < 4.78 is 29.9. The molecule has 1 aromatic heterocycles. The normalized spacial score (nSPS) is 24.1. The molecule has 5 atom stereocenters. The molecule has 0 amide bonds. The van der Waals surface area contributed by atoms with Gasteiger partial charge in [0.05, 0.1) is 7.11 Å². The van der Waals surface area contributed by atoms with Crippen molar-refractivity contribution in [2.24, 2.45) is 0 Å². The van der Waals surface area contributed by atoms with Crippen LogP contribution in [0.2, 0.25) is 0 Å². The van der Waals surface area contributed by atoms with Gasteiger partial charge in [0.2, 0.25) is 5.88 Å². The van der Waals surface area contributed by atoms with Gasteiger partial charge in [-0.05, 0) is 0 Å². The number of rotatable bonds is 7. The van der Waals surface area contributed by atoms with Gasteiger partial charge in [0.15, 0.2) is 24.5 Å². The number of carbonyl (C=O) groups is 4. The highest BCUT2D eigenvalue weighted by molar-refractivity contribution is 6.75. The Balaban J connectivity index is 2.66. The zero-order valence-corrected chi connectivity index (χ0v) is 21.0. The molecule has 0 aliphatic carbocycles. The summed E-state index contributed by atoms with van der Waals surface area (Å²) in [7, 11) is 1.28. The Morgan fingerprint density at radius 2 is 1.60 bits per heavy atom. The molecule has 5 unspecified atom stereocenters. The Morgan fingerprint density at radius 1 is 1.00 bits per heavy atom. The van der Waals surface area contributed by atoms with Crippen molar-refractivity contribution in [1.82, 2.24) is 9.55 Å². The highest BCUT2D eigenvalue weighted by atomic mass is 35.6. The van der Waals surface area contributed by atoms with Crippen LogP contribution in [-0.4, -0.2) is 75.4 Å². The average Bonchev–Trinajstić information content (AvgIpc) is 2.73. The first-order chi connectivity index (χ1) is 16.2. The van der Waals surface area contributed by atoms with Gasteiger partial charge in [-0.2, -0.15) is 4.98 Å². The second kappa shape index (κ2) is 11.9. The molecule has 0 saturated carbocycles. The first-order valence-electron chi connectivity index (χ1n) is 9.78. The lowest BCUT2D eigenvalue weighted by Crippen LogP contribution is -2.61. The number of hydrogen-bond donors (Lipinski definition) is 0. The first kappa shape index (κ1) is 28.6. The first-order valence-corrected chi connectivity index (χ1v) is 10.9. The maximum atomic E-state index is 12.7. The summed E-state index contributed by atoms with van der Waals surface area (Å²) in [6.07, 6.45) is -6.45. The van der Waals surface area contributed by atoms with E-state index in [1.54, 1.807) is 0 Å². The highest BCUT2D eigenvalue weighted by Crippen LogP contribution is 2.36. The lowest BCUT2D eigenvalue weighted by atomic mass is 9.97. The molecule has 1 aliphatic heterocycles. The fourth-order valence-corrected chi connectivity index (χ4v) is 3.27. The van der Waals surface area contributed by atoms with Crippen molar-refractivity contribution in [1.29, 1.82) is 0 Å². The smallest absolute Gasteiger partial charge is 0.359 e. The molecule has 2 rings (SSSR count). The largest absolute Gasteiger partial charge is 0.481 e. The van der Waals surface area contributed by atoms with E-state index in [4.69, 9.17) is 63.2 Å². The predicted molar refractivity (Wildman–Crippen MR) is 117 cm³/mol. The molecule has 1 aromatic rings. The standard InChI is InChI=1S/C19H21Cl3N2O11/c1-8(25)31-7-11-13(32-9(2)26)14(33-10(3)27)15(35-17(28)19(20,21)22)16(34-11)24-6-5-12(30-4)23-18(24)29/h5-6,11,13-16H,7H2,1-4H3. The topological polar surface area (TPSA) is 159 Å². The van der Waals surface area contributed by atoms with Crippen LogP contribution < -0.4 is 10.4 Å². The third kappa shape index (κ3) is 7.69. The molecule has 0 spiro atoms. The van der Waals surface area contributed by atoms with Gasteiger partial charge in [0.1, 0.15) is 12.7 Å². The van der Waals surface area contributed by atoms with E-state index in [2.05, 4.69) is 4.98 Å². The molecule has 1 fully saturated rings. The minimum absolute atomic E-state index is 0.0392. The fourth-order valence-electron chi connectivity index (χ4n) is 3.13. The Morgan fingerprint density at radius 3 is 2.09 bits per heavy atom. The molecule has 1 aliphatic rings. The quantitative estimate of drug-likeness (QED) is 0.264. The molecular formula is C19H21Cl3N2O11. The zero-order valence-electron chi connectivity index (χ0n) is 18.8. The molecule has 2 heterocycles. The second-order valence-corrected chi connectivity index (χ2v) is 9.32. The lowest BCUT2D eigenvalue weighted by Gasteiger charge is -2.44. The molecule has 1 saturated heterocycles. The molecular weight excluding hydrogens is 539 g/mol. The molecule has 194 valence electrons. The lowest BCUT2D eigenvalue weighted by molar-refractivity contribution is -0.269.